The minimum Gasteiger partial charge on any atom is -0.339 e. The summed E-state index contributed by atoms with van der Waals surface area (Å²) in [4.78, 5) is 31.8. The molecular formula is C16H18IN3O2S3. The lowest BCUT2D eigenvalue weighted by Crippen LogP contribution is -2.49. The lowest BCUT2D eigenvalue weighted by atomic mass is 10.3. The Morgan fingerprint density at radius 2 is 1.68 bits per heavy atom. The van der Waals surface area contributed by atoms with Gasteiger partial charge in [0.05, 0.1) is 9.90 Å². The number of amides is 2. The fraction of sp³-hybridized carbons (Fsp3) is 0.312. The summed E-state index contributed by atoms with van der Waals surface area (Å²) in [6, 6.07) is 11.7. The summed E-state index contributed by atoms with van der Waals surface area (Å²) in [7, 11) is 3.13. The third-order valence-electron chi connectivity index (χ3n) is 3.62. The number of halogens is 1. The molecule has 134 valence electrons. The van der Waals surface area contributed by atoms with Crippen molar-refractivity contribution in [3.63, 3.8) is 0 Å². The number of benzene rings is 1. The zero-order valence-corrected chi connectivity index (χ0v) is 18.4. The molecule has 2 heterocycles. The van der Waals surface area contributed by atoms with Gasteiger partial charge >= 0.3 is 0 Å². The molecule has 25 heavy (non-hydrogen) atoms. The molecule has 1 aromatic heterocycles. The van der Waals surface area contributed by atoms with Gasteiger partial charge in [-0.2, -0.15) is 0 Å². The zero-order valence-electron chi connectivity index (χ0n) is 13.6. The van der Waals surface area contributed by atoms with E-state index in [0.717, 1.165) is 14.6 Å². The van der Waals surface area contributed by atoms with E-state index in [9.17, 15) is 9.59 Å². The van der Waals surface area contributed by atoms with Crippen LogP contribution in [0.2, 0.25) is 0 Å². The highest BCUT2D eigenvalue weighted by Gasteiger charge is 2.23. The first kappa shape index (κ1) is 20.4. The third-order valence-corrected chi connectivity index (χ3v) is 7.23. The van der Waals surface area contributed by atoms with Crippen LogP contribution < -0.4 is 4.67 Å². The highest BCUT2D eigenvalue weighted by molar-refractivity contribution is 14.0. The largest absolute Gasteiger partial charge is 0.339 e. The van der Waals surface area contributed by atoms with Crippen LogP contribution in [0.15, 0.2) is 45.6 Å². The van der Waals surface area contributed by atoms with Crippen LogP contribution in [0.1, 0.15) is 6.92 Å². The minimum absolute atomic E-state index is 0. The van der Waals surface area contributed by atoms with Gasteiger partial charge in [0, 0.05) is 33.1 Å². The average Bonchev–Trinajstić information content (AvgIpc) is 3.02. The SMILES string of the molecule is CC(=O)N1CCN(C(=O)Sc2cc(=Nc3ccccc3)ss2)CC1.I. The van der Waals surface area contributed by atoms with Crippen molar-refractivity contribution < 1.29 is 9.59 Å². The van der Waals surface area contributed by atoms with E-state index in [4.69, 9.17) is 0 Å². The minimum atomic E-state index is 0. The number of hydrogen-bond acceptors (Lipinski definition) is 6. The van der Waals surface area contributed by atoms with E-state index in [-0.39, 0.29) is 35.1 Å². The second-order valence-electron chi connectivity index (χ2n) is 5.28. The molecule has 1 fully saturated rings. The van der Waals surface area contributed by atoms with Gasteiger partial charge in [0.1, 0.15) is 4.67 Å². The van der Waals surface area contributed by atoms with Crippen LogP contribution in [0.5, 0.6) is 0 Å². The fourth-order valence-electron chi connectivity index (χ4n) is 2.31. The van der Waals surface area contributed by atoms with Crippen molar-refractivity contribution >= 4 is 73.3 Å². The number of carbonyl (C=O) groups is 2. The van der Waals surface area contributed by atoms with Crippen molar-refractivity contribution in [1.82, 2.24) is 9.80 Å². The second kappa shape index (κ2) is 9.70. The van der Waals surface area contributed by atoms with Gasteiger partial charge in [0.15, 0.2) is 0 Å². The molecule has 0 unspecified atom stereocenters. The van der Waals surface area contributed by atoms with Crippen LogP contribution in [-0.2, 0) is 4.79 Å². The van der Waals surface area contributed by atoms with Gasteiger partial charge in [-0.15, -0.1) is 24.0 Å². The van der Waals surface area contributed by atoms with Crippen molar-refractivity contribution in [3.8, 4) is 0 Å². The van der Waals surface area contributed by atoms with E-state index >= 15 is 0 Å². The van der Waals surface area contributed by atoms with Gasteiger partial charge in [-0.05, 0) is 30.0 Å². The smallest absolute Gasteiger partial charge is 0.287 e. The predicted octanol–water partition coefficient (Wildman–Crippen LogP) is 4.04. The Morgan fingerprint density at radius 3 is 2.32 bits per heavy atom. The third kappa shape index (κ3) is 5.80. The topological polar surface area (TPSA) is 53.0 Å². The van der Waals surface area contributed by atoms with Crippen molar-refractivity contribution in [2.75, 3.05) is 26.2 Å². The number of piperazine rings is 1. The van der Waals surface area contributed by atoms with Gasteiger partial charge in [-0.25, -0.2) is 4.99 Å². The Balaban J connectivity index is 0.00000225. The van der Waals surface area contributed by atoms with E-state index in [0.29, 0.717) is 26.2 Å². The summed E-state index contributed by atoms with van der Waals surface area (Å²) >= 11 is 1.24. The molecule has 9 heteroatoms. The van der Waals surface area contributed by atoms with Gasteiger partial charge in [0.25, 0.3) is 5.24 Å². The number of hydrogen-bond donors (Lipinski definition) is 0. The normalized spacial score (nSPS) is 15.0. The Hall–Kier alpha value is -0.910. The molecule has 1 aliphatic rings. The fourth-order valence-corrected chi connectivity index (χ4v) is 5.62. The molecule has 1 aromatic carbocycles. The summed E-state index contributed by atoms with van der Waals surface area (Å²) in [5.41, 5.74) is 0.912. The van der Waals surface area contributed by atoms with Gasteiger partial charge in [0.2, 0.25) is 5.91 Å². The highest BCUT2D eigenvalue weighted by atomic mass is 127. The van der Waals surface area contributed by atoms with E-state index in [1.807, 2.05) is 41.3 Å². The quantitative estimate of drug-likeness (QED) is 0.351. The lowest BCUT2D eigenvalue weighted by molar-refractivity contribution is -0.130. The number of rotatable bonds is 2. The predicted molar refractivity (Wildman–Crippen MR) is 114 cm³/mol. The first-order valence-electron chi connectivity index (χ1n) is 7.54. The Bertz CT molecular complexity index is 783. The van der Waals surface area contributed by atoms with Crippen molar-refractivity contribution in [3.05, 3.63) is 41.1 Å². The van der Waals surface area contributed by atoms with E-state index in [1.165, 1.54) is 11.8 Å². The van der Waals surface area contributed by atoms with Gasteiger partial charge < -0.3 is 9.80 Å². The molecule has 0 saturated carbocycles. The molecule has 3 rings (SSSR count). The van der Waals surface area contributed by atoms with Gasteiger partial charge in [-0.1, -0.05) is 38.9 Å². The van der Waals surface area contributed by atoms with Crippen molar-refractivity contribution in [2.24, 2.45) is 4.99 Å². The Labute approximate surface area is 175 Å². The number of carbonyl (C=O) groups excluding carboxylic acids is 2. The molecule has 2 amide bonds. The number of thioether (sulfide) groups is 1. The average molecular weight is 507 g/mol. The number of nitrogens with zero attached hydrogens (tertiary/aromatic N) is 3. The summed E-state index contributed by atoms with van der Waals surface area (Å²) < 4.78 is 1.86. The van der Waals surface area contributed by atoms with Crippen LogP contribution in [-0.4, -0.2) is 47.1 Å². The molecule has 0 aliphatic carbocycles. The molecule has 0 spiro atoms. The standard InChI is InChI=1S/C16H17N3O2S3.HI/c1-12(20)18-7-9-19(10-8-18)16(21)22-15-11-14(23-24-15)17-13-5-3-2-4-6-13;/h2-6,11H,7-10H2,1H3;1H. The monoisotopic (exact) mass is 507 g/mol. The molecule has 2 aromatic rings. The Morgan fingerprint density at radius 1 is 1.04 bits per heavy atom. The van der Waals surface area contributed by atoms with Crippen LogP contribution in [0.4, 0.5) is 10.5 Å². The van der Waals surface area contributed by atoms with Crippen molar-refractivity contribution in [1.29, 1.82) is 0 Å². The van der Waals surface area contributed by atoms with E-state index in [2.05, 4.69) is 4.99 Å². The molecule has 0 atom stereocenters. The van der Waals surface area contributed by atoms with Crippen LogP contribution in [0.25, 0.3) is 0 Å². The molecule has 1 aliphatic heterocycles. The van der Waals surface area contributed by atoms with Gasteiger partial charge in [-0.3, -0.25) is 9.59 Å². The Kier molecular flexibility index (Phi) is 7.91. The maximum atomic E-state index is 12.4. The molecule has 0 N–H and O–H groups in total. The molecule has 5 nitrogen and oxygen atoms in total. The highest BCUT2D eigenvalue weighted by Crippen LogP contribution is 2.27. The zero-order chi connectivity index (χ0) is 16.9. The summed E-state index contributed by atoms with van der Waals surface area (Å²) in [5, 5.41) is 0.0403. The lowest BCUT2D eigenvalue weighted by Gasteiger charge is -2.33. The summed E-state index contributed by atoms with van der Waals surface area (Å²) in [5.74, 6) is 0.0713. The molecule has 0 bridgehead atoms. The first-order valence-corrected chi connectivity index (χ1v) is 10.5. The van der Waals surface area contributed by atoms with Crippen molar-refractivity contribution in [2.45, 2.75) is 11.1 Å². The second-order valence-corrected chi connectivity index (χ2v) is 8.72. The summed E-state index contributed by atoms with van der Waals surface area (Å²) in [6.07, 6.45) is 0. The summed E-state index contributed by atoms with van der Waals surface area (Å²) in [6.45, 7) is 3.99. The van der Waals surface area contributed by atoms with Crippen LogP contribution >= 0.6 is 56.4 Å². The van der Waals surface area contributed by atoms with Crippen LogP contribution in [0.3, 0.4) is 0 Å². The molecular weight excluding hydrogens is 489 g/mol. The van der Waals surface area contributed by atoms with Crippen LogP contribution in [0, 0.1) is 0 Å². The van der Waals surface area contributed by atoms with E-state index in [1.54, 1.807) is 32.5 Å². The first-order chi connectivity index (χ1) is 11.6. The maximum absolute atomic E-state index is 12.4. The number of para-hydroxylation sites is 1. The molecule has 1 saturated heterocycles. The van der Waals surface area contributed by atoms with E-state index < -0.39 is 0 Å². The molecule has 0 radical (unpaired) electrons. The maximum Gasteiger partial charge on any atom is 0.287 e.